The number of nitrogens with zero attached hydrogens (tertiary/aromatic N) is 1. The Balaban J connectivity index is 1.78. The predicted molar refractivity (Wildman–Crippen MR) is 116 cm³/mol. The van der Waals surface area contributed by atoms with Gasteiger partial charge in [0.1, 0.15) is 5.82 Å². The van der Waals surface area contributed by atoms with Crippen LogP contribution in [0.15, 0.2) is 36.4 Å². The number of anilines is 1. The van der Waals surface area contributed by atoms with Gasteiger partial charge in [-0.2, -0.15) is 0 Å². The van der Waals surface area contributed by atoms with Crippen molar-refractivity contribution in [2.45, 2.75) is 45.7 Å². The molecule has 1 heterocycles. The van der Waals surface area contributed by atoms with Gasteiger partial charge in [0.05, 0.1) is 10.5 Å². The first kappa shape index (κ1) is 19.8. The molecule has 1 aromatic heterocycles. The maximum absolute atomic E-state index is 13.7. The third-order valence-electron chi connectivity index (χ3n) is 5.64. The fourth-order valence-corrected chi connectivity index (χ4v) is 4.56. The lowest BCUT2D eigenvalue weighted by Crippen LogP contribution is -2.41. The van der Waals surface area contributed by atoms with Crippen LogP contribution in [0.25, 0.3) is 10.9 Å². The average Bonchev–Trinajstić information content (AvgIpc) is 2.95. The molecule has 0 saturated carbocycles. The van der Waals surface area contributed by atoms with Gasteiger partial charge >= 0.3 is 0 Å². The number of hydrogen-bond donors (Lipinski definition) is 2. The fourth-order valence-electron chi connectivity index (χ4n) is 4.23. The second-order valence-corrected chi connectivity index (χ2v) is 8.55. The number of fused-ring (bicyclic) bond motifs is 3. The molecule has 0 bridgehead atoms. The molecule has 1 aliphatic carbocycles. The molecule has 0 spiro atoms. The van der Waals surface area contributed by atoms with E-state index in [1.165, 1.54) is 17.3 Å². The molecule has 29 heavy (non-hydrogen) atoms. The highest BCUT2D eigenvalue weighted by Crippen LogP contribution is 2.38. The molecular formula is C23H25ClFN3O. The normalized spacial score (nSPS) is 16.2. The van der Waals surface area contributed by atoms with E-state index in [2.05, 4.69) is 9.88 Å². The summed E-state index contributed by atoms with van der Waals surface area (Å²) < 4.78 is 15.9. The van der Waals surface area contributed by atoms with Crippen molar-refractivity contribution in [2.75, 3.05) is 5.73 Å². The van der Waals surface area contributed by atoms with Crippen LogP contribution in [0.4, 0.5) is 10.1 Å². The van der Waals surface area contributed by atoms with Crippen LogP contribution < -0.4 is 11.1 Å². The molecule has 4 nitrogen and oxygen atoms in total. The van der Waals surface area contributed by atoms with Gasteiger partial charge in [-0.3, -0.25) is 4.79 Å². The lowest BCUT2D eigenvalue weighted by atomic mass is 9.91. The lowest BCUT2D eigenvalue weighted by molar-refractivity contribution is -0.124. The molecule has 6 heteroatoms. The average molecular weight is 414 g/mol. The van der Waals surface area contributed by atoms with E-state index < -0.39 is 0 Å². The van der Waals surface area contributed by atoms with Crippen molar-refractivity contribution in [2.24, 2.45) is 5.92 Å². The summed E-state index contributed by atoms with van der Waals surface area (Å²) in [7, 11) is 0. The van der Waals surface area contributed by atoms with Crippen LogP contribution >= 0.6 is 11.6 Å². The Labute approximate surface area is 174 Å². The molecular weight excluding hydrogens is 389 g/mol. The predicted octanol–water partition coefficient (Wildman–Crippen LogP) is 4.69. The van der Waals surface area contributed by atoms with Gasteiger partial charge in [-0.05, 0) is 54.7 Å². The Hall–Kier alpha value is -2.53. The molecule has 0 saturated heterocycles. The minimum atomic E-state index is -0.250. The molecule has 3 N–H and O–H groups in total. The van der Waals surface area contributed by atoms with E-state index in [0.29, 0.717) is 17.3 Å². The molecule has 3 aromatic rings. The monoisotopic (exact) mass is 413 g/mol. The van der Waals surface area contributed by atoms with Gasteiger partial charge in [-0.25, -0.2) is 4.39 Å². The molecule has 2 aromatic carbocycles. The van der Waals surface area contributed by atoms with Crippen LogP contribution in [-0.2, 0) is 24.2 Å². The molecule has 1 unspecified atom stereocenters. The molecule has 0 fully saturated rings. The van der Waals surface area contributed by atoms with Crippen LogP contribution in [0.5, 0.6) is 0 Å². The van der Waals surface area contributed by atoms with E-state index in [-0.39, 0.29) is 23.7 Å². The summed E-state index contributed by atoms with van der Waals surface area (Å²) in [5.74, 6) is -0.227. The fraction of sp³-hybridized carbons (Fsp3) is 0.348. The summed E-state index contributed by atoms with van der Waals surface area (Å²) in [6.07, 6.45) is 2.41. The number of nitrogens with one attached hydrogen (secondary N) is 1. The SMILES string of the molecule is CC(C)C(=O)NC1CCc2c(c3cc(N)cc(Cl)c3n2Cc2cccc(F)c2)C1. The zero-order valence-electron chi connectivity index (χ0n) is 16.6. The van der Waals surface area contributed by atoms with E-state index in [1.54, 1.807) is 18.2 Å². The zero-order chi connectivity index (χ0) is 20.7. The van der Waals surface area contributed by atoms with Crippen molar-refractivity contribution >= 4 is 34.1 Å². The molecule has 1 aliphatic rings. The third kappa shape index (κ3) is 3.84. The largest absolute Gasteiger partial charge is 0.399 e. The maximum Gasteiger partial charge on any atom is 0.222 e. The topological polar surface area (TPSA) is 60.1 Å². The number of nitrogens with two attached hydrogens (primary N) is 1. The van der Waals surface area contributed by atoms with Gasteiger partial charge < -0.3 is 15.6 Å². The van der Waals surface area contributed by atoms with Crippen LogP contribution in [-0.4, -0.2) is 16.5 Å². The van der Waals surface area contributed by atoms with Crippen molar-refractivity contribution in [3.63, 3.8) is 0 Å². The Morgan fingerprint density at radius 3 is 2.86 bits per heavy atom. The quantitative estimate of drug-likeness (QED) is 0.609. The minimum absolute atomic E-state index is 0.0456. The smallest absolute Gasteiger partial charge is 0.222 e. The Morgan fingerprint density at radius 1 is 1.34 bits per heavy atom. The third-order valence-corrected chi connectivity index (χ3v) is 5.92. The minimum Gasteiger partial charge on any atom is -0.399 e. The number of carbonyl (C=O) groups is 1. The first-order chi connectivity index (χ1) is 13.8. The van der Waals surface area contributed by atoms with E-state index in [9.17, 15) is 9.18 Å². The molecule has 0 aliphatic heterocycles. The second kappa shape index (κ2) is 7.71. The summed E-state index contributed by atoms with van der Waals surface area (Å²) in [4.78, 5) is 12.2. The van der Waals surface area contributed by atoms with Gasteiger partial charge in [0, 0.05) is 35.3 Å². The highest BCUT2D eigenvalue weighted by Gasteiger charge is 2.28. The second-order valence-electron chi connectivity index (χ2n) is 8.14. The van der Waals surface area contributed by atoms with Gasteiger partial charge in [-0.1, -0.05) is 37.6 Å². The molecule has 152 valence electrons. The number of nitrogen functional groups attached to an aromatic ring is 1. The van der Waals surface area contributed by atoms with Crippen LogP contribution in [0.3, 0.4) is 0 Å². The first-order valence-corrected chi connectivity index (χ1v) is 10.3. The van der Waals surface area contributed by atoms with E-state index in [4.69, 9.17) is 17.3 Å². The summed E-state index contributed by atoms with van der Waals surface area (Å²) in [5, 5.41) is 4.77. The van der Waals surface area contributed by atoms with E-state index in [1.807, 2.05) is 26.0 Å². The van der Waals surface area contributed by atoms with Gasteiger partial charge in [-0.15, -0.1) is 0 Å². The van der Waals surface area contributed by atoms with Gasteiger partial charge in [0.15, 0.2) is 0 Å². The summed E-state index contributed by atoms with van der Waals surface area (Å²) >= 11 is 6.60. The first-order valence-electron chi connectivity index (χ1n) is 9.97. The van der Waals surface area contributed by atoms with Gasteiger partial charge in [0.2, 0.25) is 5.91 Å². The van der Waals surface area contributed by atoms with Crippen LogP contribution in [0, 0.1) is 11.7 Å². The Morgan fingerprint density at radius 2 is 2.14 bits per heavy atom. The number of amides is 1. The van der Waals surface area contributed by atoms with Gasteiger partial charge in [0.25, 0.3) is 0 Å². The van der Waals surface area contributed by atoms with E-state index >= 15 is 0 Å². The maximum atomic E-state index is 13.7. The summed E-state index contributed by atoms with van der Waals surface area (Å²) in [6, 6.07) is 10.4. The van der Waals surface area contributed by atoms with Crippen molar-refractivity contribution in [1.29, 1.82) is 0 Å². The van der Waals surface area contributed by atoms with Crippen molar-refractivity contribution < 1.29 is 9.18 Å². The van der Waals surface area contributed by atoms with Crippen molar-refractivity contribution in [1.82, 2.24) is 9.88 Å². The Kier molecular flexibility index (Phi) is 5.26. The molecule has 4 rings (SSSR count). The highest BCUT2D eigenvalue weighted by molar-refractivity contribution is 6.35. The number of aromatic nitrogens is 1. The highest BCUT2D eigenvalue weighted by atomic mass is 35.5. The van der Waals surface area contributed by atoms with Crippen LogP contribution in [0.2, 0.25) is 5.02 Å². The number of hydrogen-bond acceptors (Lipinski definition) is 2. The van der Waals surface area contributed by atoms with E-state index in [0.717, 1.165) is 35.7 Å². The Bertz CT molecular complexity index is 1090. The summed E-state index contributed by atoms with van der Waals surface area (Å²) in [6.45, 7) is 4.33. The van der Waals surface area contributed by atoms with Crippen LogP contribution in [0.1, 0.15) is 37.1 Å². The number of carbonyl (C=O) groups excluding carboxylic acids is 1. The molecule has 0 radical (unpaired) electrons. The summed E-state index contributed by atoms with van der Waals surface area (Å²) in [5.41, 5.74) is 10.9. The van der Waals surface area contributed by atoms with Crippen molar-refractivity contribution in [3.05, 3.63) is 64.1 Å². The number of benzene rings is 2. The number of rotatable bonds is 4. The zero-order valence-corrected chi connectivity index (χ0v) is 17.4. The number of halogens is 2. The molecule has 1 amide bonds. The van der Waals surface area contributed by atoms with Crippen molar-refractivity contribution in [3.8, 4) is 0 Å². The lowest BCUT2D eigenvalue weighted by Gasteiger charge is -2.26. The molecule has 1 atom stereocenters. The standard InChI is InChI=1S/C23H25ClFN3O/c1-13(2)23(29)27-17-6-7-21-18(11-17)19-9-16(26)10-20(24)22(19)28(21)12-14-4-3-5-15(25)8-14/h3-5,8-10,13,17H,6-7,11-12,26H2,1-2H3,(H,27,29).